The van der Waals surface area contributed by atoms with Crippen molar-refractivity contribution in [2.24, 2.45) is 0 Å². The Hall–Kier alpha value is -1.13. The minimum absolute atomic E-state index is 0.260. The molecule has 0 aliphatic heterocycles. The van der Waals surface area contributed by atoms with Crippen molar-refractivity contribution in [3.63, 3.8) is 0 Å². The lowest BCUT2D eigenvalue weighted by molar-refractivity contribution is 0.824. The molecule has 2 aromatic rings. The molecule has 0 N–H and O–H groups in total. The van der Waals surface area contributed by atoms with Gasteiger partial charge in [0.05, 0.1) is 0 Å². The van der Waals surface area contributed by atoms with Crippen LogP contribution in [0.25, 0.3) is 0 Å². The summed E-state index contributed by atoms with van der Waals surface area (Å²) >= 11 is 0. The molecule has 20 heavy (non-hydrogen) atoms. The number of hydrogen-bond donors (Lipinski definition) is 0. The molecular formula is C19H22P. The third-order valence-corrected chi connectivity index (χ3v) is 7.14. The highest BCUT2D eigenvalue weighted by Gasteiger charge is 2.30. The van der Waals surface area contributed by atoms with Gasteiger partial charge in [0.2, 0.25) is 0 Å². The zero-order valence-corrected chi connectivity index (χ0v) is 13.0. The second-order valence-corrected chi connectivity index (χ2v) is 8.13. The average Bonchev–Trinajstić information content (AvgIpc) is 3.04. The van der Waals surface area contributed by atoms with Crippen molar-refractivity contribution in [1.82, 2.24) is 0 Å². The van der Waals surface area contributed by atoms with Crippen LogP contribution in [-0.2, 0) is 0 Å². The molecule has 0 saturated heterocycles. The molecular weight excluding hydrogens is 259 g/mol. The molecule has 1 radical (unpaired) electrons. The maximum atomic E-state index is 2.45. The van der Waals surface area contributed by atoms with Crippen molar-refractivity contribution in [3.05, 3.63) is 66.6 Å². The molecule has 1 atom stereocenters. The maximum Gasteiger partial charge on any atom is -0.00950 e. The Bertz CT molecular complexity index is 474. The van der Waals surface area contributed by atoms with E-state index >= 15 is 0 Å². The van der Waals surface area contributed by atoms with Crippen LogP contribution in [0.3, 0.4) is 0 Å². The highest BCUT2D eigenvalue weighted by molar-refractivity contribution is 7.73. The van der Waals surface area contributed by atoms with E-state index in [2.05, 4.69) is 67.6 Å². The molecule has 2 aromatic carbocycles. The predicted molar refractivity (Wildman–Crippen MR) is 90.2 cm³/mol. The third kappa shape index (κ3) is 2.96. The van der Waals surface area contributed by atoms with E-state index in [1.807, 2.05) is 0 Å². The molecule has 0 heterocycles. The molecule has 3 rings (SSSR count). The van der Waals surface area contributed by atoms with Gasteiger partial charge in [-0.3, -0.25) is 0 Å². The topological polar surface area (TPSA) is 0 Å². The number of hydrogen-bond acceptors (Lipinski definition) is 0. The van der Waals surface area contributed by atoms with E-state index in [1.165, 1.54) is 36.3 Å². The Kier molecular flexibility index (Phi) is 4.53. The Balaban J connectivity index is 1.95. The van der Waals surface area contributed by atoms with E-state index in [4.69, 9.17) is 0 Å². The molecule has 1 unspecified atom stereocenters. The van der Waals surface area contributed by atoms with Gasteiger partial charge in [0.25, 0.3) is 0 Å². The van der Waals surface area contributed by atoms with Crippen molar-refractivity contribution >= 4 is 18.5 Å². The van der Waals surface area contributed by atoms with Gasteiger partial charge in [-0.15, -0.1) is 0 Å². The summed E-state index contributed by atoms with van der Waals surface area (Å²) < 4.78 is 0. The van der Waals surface area contributed by atoms with E-state index in [0.717, 1.165) is 0 Å². The summed E-state index contributed by atoms with van der Waals surface area (Å²) in [5, 5.41) is 3.03. The number of rotatable bonds is 4. The van der Waals surface area contributed by atoms with Crippen LogP contribution < -0.4 is 10.6 Å². The second kappa shape index (κ2) is 6.55. The SMILES string of the molecule is CC([C]1CCCC1)P(c1ccccc1)c1ccccc1. The van der Waals surface area contributed by atoms with Crippen molar-refractivity contribution in [2.45, 2.75) is 38.3 Å². The predicted octanol–water partition coefficient (Wildman–Crippen LogP) is 4.66. The molecule has 103 valence electrons. The van der Waals surface area contributed by atoms with Gasteiger partial charge in [-0.25, -0.2) is 0 Å². The first kappa shape index (κ1) is 13.8. The Morgan fingerprint density at radius 2 is 1.20 bits per heavy atom. The largest absolute Gasteiger partial charge is 0.0622 e. The van der Waals surface area contributed by atoms with Gasteiger partial charge in [0.1, 0.15) is 0 Å². The van der Waals surface area contributed by atoms with Crippen molar-refractivity contribution in [3.8, 4) is 0 Å². The van der Waals surface area contributed by atoms with Gasteiger partial charge < -0.3 is 0 Å². The second-order valence-electron chi connectivity index (χ2n) is 5.58. The normalized spacial score (nSPS) is 17.5. The van der Waals surface area contributed by atoms with E-state index in [0.29, 0.717) is 5.66 Å². The van der Waals surface area contributed by atoms with E-state index in [-0.39, 0.29) is 7.92 Å². The van der Waals surface area contributed by atoms with Gasteiger partial charge in [0, 0.05) is 0 Å². The Morgan fingerprint density at radius 3 is 1.65 bits per heavy atom. The first-order valence-corrected chi connectivity index (χ1v) is 9.01. The van der Waals surface area contributed by atoms with Crippen molar-refractivity contribution in [2.75, 3.05) is 0 Å². The first-order valence-electron chi connectivity index (χ1n) is 7.60. The minimum atomic E-state index is -0.260. The van der Waals surface area contributed by atoms with Gasteiger partial charge in [-0.1, -0.05) is 80.4 Å². The lowest BCUT2D eigenvalue weighted by Gasteiger charge is -2.29. The smallest absolute Gasteiger partial charge is 0.00950 e. The van der Waals surface area contributed by atoms with E-state index < -0.39 is 0 Å². The highest BCUT2D eigenvalue weighted by Crippen LogP contribution is 2.48. The minimum Gasteiger partial charge on any atom is -0.0622 e. The van der Waals surface area contributed by atoms with Crippen LogP contribution in [0, 0.1) is 5.92 Å². The lowest BCUT2D eigenvalue weighted by Crippen LogP contribution is -2.23. The molecule has 0 spiro atoms. The summed E-state index contributed by atoms with van der Waals surface area (Å²) in [5.74, 6) is 1.80. The molecule has 1 fully saturated rings. The average molecular weight is 281 g/mol. The molecule has 1 aliphatic carbocycles. The molecule has 0 aromatic heterocycles. The molecule has 0 bridgehead atoms. The molecule has 1 saturated carbocycles. The summed E-state index contributed by atoms with van der Waals surface area (Å²) in [6, 6.07) is 22.2. The van der Waals surface area contributed by atoms with Crippen LogP contribution >= 0.6 is 7.92 Å². The van der Waals surface area contributed by atoms with Crippen molar-refractivity contribution < 1.29 is 0 Å². The molecule has 1 aliphatic rings. The van der Waals surface area contributed by atoms with Crippen LogP contribution in [0.5, 0.6) is 0 Å². The van der Waals surface area contributed by atoms with Crippen LogP contribution in [0.2, 0.25) is 0 Å². The fraction of sp³-hybridized carbons (Fsp3) is 0.316. The molecule has 1 heteroatoms. The van der Waals surface area contributed by atoms with Gasteiger partial charge in [-0.2, -0.15) is 0 Å². The van der Waals surface area contributed by atoms with Crippen molar-refractivity contribution in [1.29, 1.82) is 0 Å². The fourth-order valence-corrected chi connectivity index (χ4v) is 6.01. The monoisotopic (exact) mass is 281 g/mol. The molecule has 0 amide bonds. The number of benzene rings is 2. The standard InChI is InChI=1S/C19H22P/c1-16(17-10-8-9-11-17)20(18-12-4-2-5-13-18)19-14-6-3-7-15-19/h2-7,12-16H,8-11H2,1H3. The summed E-state index contributed by atoms with van der Waals surface area (Å²) in [5.41, 5.74) is 0.706. The van der Waals surface area contributed by atoms with Crippen LogP contribution in [0.15, 0.2) is 60.7 Å². The van der Waals surface area contributed by atoms with Gasteiger partial charge in [0.15, 0.2) is 0 Å². The zero-order valence-electron chi connectivity index (χ0n) is 12.1. The van der Waals surface area contributed by atoms with Crippen LogP contribution in [0.1, 0.15) is 32.6 Å². The quantitative estimate of drug-likeness (QED) is 0.715. The zero-order chi connectivity index (χ0) is 13.8. The maximum absolute atomic E-state index is 2.45. The summed E-state index contributed by atoms with van der Waals surface area (Å²) in [7, 11) is -0.260. The van der Waals surface area contributed by atoms with Crippen LogP contribution in [0.4, 0.5) is 0 Å². The van der Waals surface area contributed by atoms with E-state index in [9.17, 15) is 0 Å². The van der Waals surface area contributed by atoms with Crippen LogP contribution in [-0.4, -0.2) is 5.66 Å². The van der Waals surface area contributed by atoms with E-state index in [1.54, 1.807) is 5.92 Å². The summed E-state index contributed by atoms with van der Waals surface area (Å²) in [4.78, 5) is 0. The highest BCUT2D eigenvalue weighted by atomic mass is 31.1. The fourth-order valence-electron chi connectivity index (χ4n) is 3.20. The summed E-state index contributed by atoms with van der Waals surface area (Å²) in [6.45, 7) is 2.45. The van der Waals surface area contributed by atoms with Gasteiger partial charge in [-0.05, 0) is 42.9 Å². The Labute approximate surface area is 124 Å². The molecule has 0 nitrogen and oxygen atoms in total. The third-order valence-electron chi connectivity index (χ3n) is 4.29. The summed E-state index contributed by atoms with van der Waals surface area (Å²) in [6.07, 6.45) is 5.48. The Morgan fingerprint density at radius 1 is 0.750 bits per heavy atom. The first-order chi connectivity index (χ1) is 9.86. The lowest BCUT2D eigenvalue weighted by atomic mass is 10.1. The van der Waals surface area contributed by atoms with Gasteiger partial charge >= 0.3 is 0 Å².